The lowest BCUT2D eigenvalue weighted by Gasteiger charge is -2.27. The summed E-state index contributed by atoms with van der Waals surface area (Å²) in [7, 11) is 1.96. The fourth-order valence-electron chi connectivity index (χ4n) is 3.24. The Labute approximate surface area is 132 Å². The molecule has 0 saturated carbocycles. The molecule has 1 amide bonds. The average Bonchev–Trinajstić information content (AvgIpc) is 2.83. The average molecular weight is 296 g/mol. The summed E-state index contributed by atoms with van der Waals surface area (Å²) in [5, 5.41) is 5.83. The number of likely N-dealkylation sites (N-methyl/N-ethyl adjacent to an activating group) is 1. The maximum atomic E-state index is 12.6. The Hall–Kier alpha value is -1.87. The SMILES string of the molecule is CN(C(=O)Cc1ccc2ccccc2c1)C1CCCNCC1. The van der Waals surface area contributed by atoms with Crippen LogP contribution in [0.25, 0.3) is 10.8 Å². The summed E-state index contributed by atoms with van der Waals surface area (Å²) in [5.74, 6) is 0.224. The minimum absolute atomic E-state index is 0.224. The number of nitrogens with zero attached hydrogens (tertiary/aromatic N) is 1. The molecule has 1 atom stereocenters. The molecule has 1 fully saturated rings. The van der Waals surface area contributed by atoms with Crippen LogP contribution in [0.4, 0.5) is 0 Å². The summed E-state index contributed by atoms with van der Waals surface area (Å²) in [6, 6.07) is 15.0. The molecule has 0 aromatic heterocycles. The van der Waals surface area contributed by atoms with Gasteiger partial charge < -0.3 is 10.2 Å². The van der Waals surface area contributed by atoms with Gasteiger partial charge in [0, 0.05) is 13.1 Å². The van der Waals surface area contributed by atoms with Crippen LogP contribution >= 0.6 is 0 Å². The summed E-state index contributed by atoms with van der Waals surface area (Å²) >= 11 is 0. The molecular weight excluding hydrogens is 272 g/mol. The van der Waals surface area contributed by atoms with E-state index in [0.717, 1.165) is 37.9 Å². The standard InChI is InChI=1S/C19H24N2O/c1-21(18-7-4-11-20-12-10-18)19(22)14-15-8-9-16-5-2-3-6-17(16)13-15/h2-3,5-6,8-9,13,18,20H,4,7,10-12,14H2,1H3. The Bertz CT molecular complexity index is 645. The van der Waals surface area contributed by atoms with Crippen LogP contribution in [0.5, 0.6) is 0 Å². The highest BCUT2D eigenvalue weighted by molar-refractivity contribution is 5.85. The van der Waals surface area contributed by atoms with E-state index in [1.807, 2.05) is 24.1 Å². The predicted octanol–water partition coefficient (Wildman–Crippen LogP) is 2.98. The van der Waals surface area contributed by atoms with Gasteiger partial charge in [-0.25, -0.2) is 0 Å². The van der Waals surface area contributed by atoms with Crippen LogP contribution in [0, 0.1) is 0 Å². The molecular formula is C19H24N2O. The molecule has 116 valence electrons. The van der Waals surface area contributed by atoms with Gasteiger partial charge in [0.25, 0.3) is 0 Å². The summed E-state index contributed by atoms with van der Waals surface area (Å²) in [4.78, 5) is 14.5. The Morgan fingerprint density at radius 3 is 2.82 bits per heavy atom. The molecule has 22 heavy (non-hydrogen) atoms. The Morgan fingerprint density at radius 2 is 1.95 bits per heavy atom. The van der Waals surface area contributed by atoms with Gasteiger partial charge in [-0.2, -0.15) is 0 Å². The van der Waals surface area contributed by atoms with Crippen LogP contribution in [0.2, 0.25) is 0 Å². The van der Waals surface area contributed by atoms with Gasteiger partial charge in [-0.1, -0.05) is 42.5 Å². The molecule has 0 bridgehead atoms. The van der Waals surface area contributed by atoms with Gasteiger partial charge in [-0.3, -0.25) is 4.79 Å². The van der Waals surface area contributed by atoms with Gasteiger partial charge in [0.1, 0.15) is 0 Å². The van der Waals surface area contributed by atoms with Crippen LogP contribution < -0.4 is 5.32 Å². The molecule has 1 heterocycles. The van der Waals surface area contributed by atoms with Gasteiger partial charge in [-0.15, -0.1) is 0 Å². The first kappa shape index (κ1) is 15.0. The molecule has 3 rings (SSSR count). The summed E-state index contributed by atoms with van der Waals surface area (Å²) in [6.45, 7) is 2.08. The number of hydrogen-bond acceptors (Lipinski definition) is 2. The minimum atomic E-state index is 0.224. The number of rotatable bonds is 3. The molecule has 1 saturated heterocycles. The predicted molar refractivity (Wildman–Crippen MR) is 90.9 cm³/mol. The number of amides is 1. The van der Waals surface area contributed by atoms with E-state index in [1.54, 1.807) is 0 Å². The number of benzene rings is 2. The molecule has 1 unspecified atom stereocenters. The third-order valence-electron chi connectivity index (χ3n) is 4.66. The molecule has 0 aliphatic carbocycles. The fourth-order valence-corrected chi connectivity index (χ4v) is 3.24. The highest BCUT2D eigenvalue weighted by atomic mass is 16.2. The van der Waals surface area contributed by atoms with Gasteiger partial charge in [0.2, 0.25) is 5.91 Å². The second kappa shape index (κ2) is 6.93. The van der Waals surface area contributed by atoms with E-state index in [9.17, 15) is 4.79 Å². The van der Waals surface area contributed by atoms with Crippen LogP contribution in [0.3, 0.4) is 0 Å². The van der Waals surface area contributed by atoms with Crippen LogP contribution in [0.1, 0.15) is 24.8 Å². The van der Waals surface area contributed by atoms with E-state index in [4.69, 9.17) is 0 Å². The molecule has 3 heteroatoms. The first-order chi connectivity index (χ1) is 10.7. The molecule has 1 aliphatic rings. The number of fused-ring (bicyclic) bond motifs is 1. The normalized spacial score (nSPS) is 18.9. The smallest absolute Gasteiger partial charge is 0.226 e. The molecule has 2 aromatic carbocycles. The lowest BCUT2D eigenvalue weighted by molar-refractivity contribution is -0.131. The summed E-state index contributed by atoms with van der Waals surface area (Å²) in [6.07, 6.45) is 3.80. The first-order valence-corrected chi connectivity index (χ1v) is 8.18. The van der Waals surface area contributed by atoms with Crippen molar-refractivity contribution in [3.05, 3.63) is 48.0 Å². The monoisotopic (exact) mass is 296 g/mol. The Kier molecular flexibility index (Phi) is 4.74. The quantitative estimate of drug-likeness (QED) is 0.944. The number of carbonyl (C=O) groups is 1. The lowest BCUT2D eigenvalue weighted by Crippen LogP contribution is -2.38. The molecule has 1 aliphatic heterocycles. The van der Waals surface area contributed by atoms with Crippen molar-refractivity contribution >= 4 is 16.7 Å². The zero-order valence-electron chi connectivity index (χ0n) is 13.2. The first-order valence-electron chi connectivity index (χ1n) is 8.18. The van der Waals surface area contributed by atoms with Crippen molar-refractivity contribution in [1.29, 1.82) is 0 Å². The number of nitrogens with one attached hydrogen (secondary N) is 1. The maximum Gasteiger partial charge on any atom is 0.226 e. The van der Waals surface area contributed by atoms with E-state index >= 15 is 0 Å². The highest BCUT2D eigenvalue weighted by Gasteiger charge is 2.21. The second-order valence-corrected chi connectivity index (χ2v) is 6.20. The van der Waals surface area contributed by atoms with E-state index in [-0.39, 0.29) is 5.91 Å². The lowest BCUT2D eigenvalue weighted by atomic mass is 10.0. The summed E-state index contributed by atoms with van der Waals surface area (Å²) < 4.78 is 0. The fraction of sp³-hybridized carbons (Fsp3) is 0.421. The van der Waals surface area contributed by atoms with Crippen molar-refractivity contribution < 1.29 is 4.79 Å². The van der Waals surface area contributed by atoms with Gasteiger partial charge >= 0.3 is 0 Å². The second-order valence-electron chi connectivity index (χ2n) is 6.20. The van der Waals surface area contributed by atoms with Crippen molar-refractivity contribution in [3.63, 3.8) is 0 Å². The molecule has 0 spiro atoms. The van der Waals surface area contributed by atoms with Crippen molar-refractivity contribution in [2.45, 2.75) is 31.7 Å². The third-order valence-corrected chi connectivity index (χ3v) is 4.66. The van der Waals surface area contributed by atoms with Crippen LogP contribution in [-0.4, -0.2) is 37.0 Å². The van der Waals surface area contributed by atoms with Crippen molar-refractivity contribution in [1.82, 2.24) is 10.2 Å². The van der Waals surface area contributed by atoms with Crippen LogP contribution in [0.15, 0.2) is 42.5 Å². The number of hydrogen-bond donors (Lipinski definition) is 1. The summed E-state index contributed by atoms with van der Waals surface area (Å²) in [5.41, 5.74) is 1.10. The van der Waals surface area contributed by atoms with E-state index in [0.29, 0.717) is 12.5 Å². The van der Waals surface area contributed by atoms with E-state index in [1.165, 1.54) is 10.8 Å². The zero-order chi connectivity index (χ0) is 15.4. The third kappa shape index (κ3) is 3.47. The molecule has 0 radical (unpaired) electrons. The molecule has 3 nitrogen and oxygen atoms in total. The zero-order valence-corrected chi connectivity index (χ0v) is 13.2. The largest absolute Gasteiger partial charge is 0.342 e. The Balaban J connectivity index is 1.68. The van der Waals surface area contributed by atoms with E-state index < -0.39 is 0 Å². The molecule has 1 N–H and O–H groups in total. The van der Waals surface area contributed by atoms with E-state index in [2.05, 4.69) is 35.6 Å². The van der Waals surface area contributed by atoms with Gasteiger partial charge in [0.05, 0.1) is 6.42 Å². The van der Waals surface area contributed by atoms with Gasteiger partial charge in [-0.05, 0) is 48.7 Å². The van der Waals surface area contributed by atoms with Crippen LogP contribution in [-0.2, 0) is 11.2 Å². The van der Waals surface area contributed by atoms with Gasteiger partial charge in [0.15, 0.2) is 0 Å². The molecule has 2 aromatic rings. The Morgan fingerprint density at radius 1 is 1.14 bits per heavy atom. The van der Waals surface area contributed by atoms with Crippen molar-refractivity contribution in [2.24, 2.45) is 0 Å². The maximum absolute atomic E-state index is 12.6. The number of carbonyl (C=O) groups excluding carboxylic acids is 1. The van der Waals surface area contributed by atoms with Crippen molar-refractivity contribution in [2.75, 3.05) is 20.1 Å². The minimum Gasteiger partial charge on any atom is -0.342 e. The highest BCUT2D eigenvalue weighted by Crippen LogP contribution is 2.18. The van der Waals surface area contributed by atoms with Crippen molar-refractivity contribution in [3.8, 4) is 0 Å². The topological polar surface area (TPSA) is 32.3 Å².